The largest absolute Gasteiger partial charge is 0.378 e. The summed E-state index contributed by atoms with van der Waals surface area (Å²) >= 11 is 0. The molecule has 4 aromatic rings. The van der Waals surface area contributed by atoms with E-state index in [-0.39, 0.29) is 11.6 Å². The molecule has 1 unspecified atom stereocenters. The smallest absolute Gasteiger partial charge is 0.180 e. The van der Waals surface area contributed by atoms with Crippen LogP contribution in [0.25, 0.3) is 21.7 Å². The number of benzene rings is 3. The fourth-order valence-electron chi connectivity index (χ4n) is 4.82. The zero-order chi connectivity index (χ0) is 20.9. The van der Waals surface area contributed by atoms with Gasteiger partial charge in [0.2, 0.25) is 0 Å². The van der Waals surface area contributed by atoms with Crippen LogP contribution in [-0.2, 0) is 4.74 Å². The average Bonchev–Trinajstić information content (AvgIpc) is 2.83. The summed E-state index contributed by atoms with van der Waals surface area (Å²) in [5.74, 6) is -1.26. The van der Waals surface area contributed by atoms with E-state index in [2.05, 4.69) is 9.88 Å². The lowest BCUT2D eigenvalue weighted by Crippen LogP contribution is -2.36. The van der Waals surface area contributed by atoms with Crippen molar-refractivity contribution in [3.05, 3.63) is 83.6 Å². The Hall–Kier alpha value is -3.57. The molecule has 0 amide bonds. The van der Waals surface area contributed by atoms with Gasteiger partial charge < -0.3 is 9.64 Å². The Bertz CT molecular complexity index is 1350. The standard InChI is InChI=1S/C26H20N2O3/c29-25-18-6-3-5-17-22(28-12-14-31-15-13-28)11-9-19(23(17)18)26(30)24(25)21-10-8-16-4-1-2-7-20(16)27-21/h1-11,24H,12-15H2. The molecule has 0 spiro atoms. The SMILES string of the molecule is O=C1c2cccc3c(N4CCOCC4)ccc(c23)C(=O)C1c1ccc2ccccc2n1. The Labute approximate surface area is 179 Å². The lowest BCUT2D eigenvalue weighted by atomic mass is 9.78. The number of fused-ring (bicyclic) bond motifs is 1. The quantitative estimate of drug-likeness (QED) is 0.461. The highest BCUT2D eigenvalue weighted by Crippen LogP contribution is 2.40. The van der Waals surface area contributed by atoms with Gasteiger partial charge in [0.25, 0.3) is 0 Å². The number of anilines is 1. The van der Waals surface area contributed by atoms with Crippen molar-refractivity contribution in [2.24, 2.45) is 0 Å². The Morgan fingerprint density at radius 2 is 1.58 bits per heavy atom. The number of ether oxygens (including phenoxy) is 1. The Balaban J connectivity index is 1.51. The summed E-state index contributed by atoms with van der Waals surface area (Å²) in [6.45, 7) is 2.95. The number of ketones is 2. The van der Waals surface area contributed by atoms with Crippen LogP contribution in [0.5, 0.6) is 0 Å². The van der Waals surface area contributed by atoms with E-state index in [0.29, 0.717) is 30.0 Å². The highest BCUT2D eigenvalue weighted by molar-refractivity contribution is 6.32. The summed E-state index contributed by atoms with van der Waals surface area (Å²) in [6, 6.07) is 21.1. The van der Waals surface area contributed by atoms with E-state index >= 15 is 0 Å². The minimum absolute atomic E-state index is 0.176. The summed E-state index contributed by atoms with van der Waals surface area (Å²) in [5.41, 5.74) is 3.54. The molecule has 0 bridgehead atoms. The Kier molecular flexibility index (Phi) is 4.11. The van der Waals surface area contributed by atoms with Crippen LogP contribution in [-0.4, -0.2) is 42.9 Å². The summed E-state index contributed by atoms with van der Waals surface area (Å²) in [5, 5.41) is 2.70. The van der Waals surface area contributed by atoms with Gasteiger partial charge in [0.05, 0.1) is 24.4 Å². The van der Waals surface area contributed by atoms with E-state index in [0.717, 1.165) is 40.5 Å². The molecule has 1 aliphatic carbocycles. The molecule has 1 aliphatic heterocycles. The van der Waals surface area contributed by atoms with E-state index < -0.39 is 5.92 Å². The molecule has 2 aliphatic rings. The Morgan fingerprint density at radius 1 is 0.806 bits per heavy atom. The molecule has 5 heteroatoms. The molecule has 1 aromatic heterocycles. The fourth-order valence-corrected chi connectivity index (χ4v) is 4.82. The van der Waals surface area contributed by atoms with Crippen LogP contribution >= 0.6 is 0 Å². The number of carbonyl (C=O) groups is 2. The number of hydrogen-bond donors (Lipinski definition) is 0. The van der Waals surface area contributed by atoms with E-state index in [9.17, 15) is 9.59 Å². The number of hydrogen-bond acceptors (Lipinski definition) is 5. The summed E-state index contributed by atoms with van der Waals surface area (Å²) in [7, 11) is 0. The summed E-state index contributed by atoms with van der Waals surface area (Å²) in [4.78, 5) is 34.0. The molecule has 0 N–H and O–H groups in total. The van der Waals surface area contributed by atoms with Crippen molar-refractivity contribution in [2.75, 3.05) is 31.2 Å². The van der Waals surface area contributed by atoms with Gasteiger partial charge in [0.1, 0.15) is 5.92 Å². The van der Waals surface area contributed by atoms with Crippen molar-refractivity contribution in [3.63, 3.8) is 0 Å². The number of rotatable bonds is 2. The van der Waals surface area contributed by atoms with Gasteiger partial charge in [-0.1, -0.05) is 42.5 Å². The van der Waals surface area contributed by atoms with Crippen LogP contribution < -0.4 is 4.90 Å². The van der Waals surface area contributed by atoms with Gasteiger partial charge in [-0.25, -0.2) is 0 Å². The molecule has 1 fully saturated rings. The molecule has 31 heavy (non-hydrogen) atoms. The maximum atomic E-state index is 13.5. The normalized spacial score (nSPS) is 18.7. The summed E-state index contributed by atoms with van der Waals surface area (Å²) in [6.07, 6.45) is 0. The Morgan fingerprint density at radius 3 is 2.42 bits per heavy atom. The first-order chi connectivity index (χ1) is 15.2. The topological polar surface area (TPSA) is 59.5 Å². The van der Waals surface area contributed by atoms with Gasteiger partial charge in [-0.2, -0.15) is 0 Å². The highest BCUT2D eigenvalue weighted by Gasteiger charge is 2.38. The number of morpholine rings is 1. The predicted molar refractivity (Wildman–Crippen MR) is 120 cm³/mol. The molecule has 0 saturated carbocycles. The molecule has 2 heterocycles. The fraction of sp³-hybridized carbons (Fsp3) is 0.192. The van der Waals surface area contributed by atoms with Crippen LogP contribution in [0.2, 0.25) is 0 Å². The van der Waals surface area contributed by atoms with Gasteiger partial charge in [0, 0.05) is 46.1 Å². The van der Waals surface area contributed by atoms with Crippen LogP contribution in [0.15, 0.2) is 66.7 Å². The average molecular weight is 408 g/mol. The van der Waals surface area contributed by atoms with Crippen LogP contribution in [0, 0.1) is 0 Å². The molecule has 152 valence electrons. The third-order valence-corrected chi connectivity index (χ3v) is 6.34. The molecular formula is C26H20N2O3. The molecular weight excluding hydrogens is 388 g/mol. The maximum Gasteiger partial charge on any atom is 0.180 e. The van der Waals surface area contributed by atoms with Gasteiger partial charge in [0.15, 0.2) is 11.6 Å². The number of para-hydroxylation sites is 1. The van der Waals surface area contributed by atoms with Gasteiger partial charge >= 0.3 is 0 Å². The van der Waals surface area contributed by atoms with Gasteiger partial charge in [-0.15, -0.1) is 0 Å². The molecule has 0 radical (unpaired) electrons. The highest BCUT2D eigenvalue weighted by atomic mass is 16.5. The monoisotopic (exact) mass is 408 g/mol. The number of Topliss-reactive ketones (excluding diaryl/α,β-unsaturated/α-hetero) is 2. The minimum atomic E-state index is -0.906. The van der Waals surface area contributed by atoms with Crippen molar-refractivity contribution in [1.82, 2.24) is 4.98 Å². The van der Waals surface area contributed by atoms with Crippen LogP contribution in [0.4, 0.5) is 5.69 Å². The molecule has 5 nitrogen and oxygen atoms in total. The predicted octanol–water partition coefficient (Wildman–Crippen LogP) is 4.39. The molecule has 3 aromatic carbocycles. The zero-order valence-electron chi connectivity index (χ0n) is 16.9. The molecule has 1 saturated heterocycles. The van der Waals surface area contributed by atoms with E-state index in [1.165, 1.54) is 0 Å². The number of aromatic nitrogens is 1. The van der Waals surface area contributed by atoms with Crippen LogP contribution in [0.1, 0.15) is 32.3 Å². The number of pyridine rings is 1. The van der Waals surface area contributed by atoms with Crippen molar-refractivity contribution >= 4 is 38.9 Å². The van der Waals surface area contributed by atoms with Crippen molar-refractivity contribution < 1.29 is 14.3 Å². The van der Waals surface area contributed by atoms with Crippen molar-refractivity contribution in [1.29, 1.82) is 0 Å². The second-order valence-corrected chi connectivity index (χ2v) is 8.05. The first-order valence-corrected chi connectivity index (χ1v) is 10.5. The maximum absolute atomic E-state index is 13.5. The van der Waals surface area contributed by atoms with E-state index in [1.54, 1.807) is 6.07 Å². The lowest BCUT2D eigenvalue weighted by molar-refractivity contribution is 0.0854. The third kappa shape index (κ3) is 2.77. The second kappa shape index (κ2) is 7.00. The first kappa shape index (κ1) is 18.2. The lowest BCUT2D eigenvalue weighted by Gasteiger charge is -2.31. The number of carbonyl (C=O) groups excluding carboxylic acids is 2. The van der Waals surface area contributed by atoms with Gasteiger partial charge in [-0.3, -0.25) is 14.6 Å². The van der Waals surface area contributed by atoms with E-state index in [4.69, 9.17) is 4.74 Å². The van der Waals surface area contributed by atoms with Crippen molar-refractivity contribution in [2.45, 2.75) is 5.92 Å². The second-order valence-electron chi connectivity index (χ2n) is 8.05. The minimum Gasteiger partial charge on any atom is -0.378 e. The first-order valence-electron chi connectivity index (χ1n) is 10.5. The van der Waals surface area contributed by atoms with E-state index in [1.807, 2.05) is 60.7 Å². The van der Waals surface area contributed by atoms with Crippen molar-refractivity contribution in [3.8, 4) is 0 Å². The third-order valence-electron chi connectivity index (χ3n) is 6.34. The molecule has 6 rings (SSSR count). The summed E-state index contributed by atoms with van der Waals surface area (Å²) < 4.78 is 5.48. The number of nitrogens with zero attached hydrogens (tertiary/aromatic N) is 2. The molecule has 1 atom stereocenters. The zero-order valence-corrected chi connectivity index (χ0v) is 16.9. The van der Waals surface area contributed by atoms with Gasteiger partial charge in [-0.05, 0) is 24.3 Å². The van der Waals surface area contributed by atoms with Crippen LogP contribution in [0.3, 0.4) is 0 Å².